The number of hydrogen-bond donors (Lipinski definition) is 3. The number of fused-ring (bicyclic) bond motifs is 2. The lowest BCUT2D eigenvalue weighted by atomic mass is 10.1. The Morgan fingerprint density at radius 1 is 1.15 bits per heavy atom. The van der Waals surface area contributed by atoms with Crippen LogP contribution in [0.15, 0.2) is 36.7 Å². The van der Waals surface area contributed by atoms with Crippen molar-refractivity contribution in [3.8, 4) is 17.1 Å². The lowest BCUT2D eigenvalue weighted by Gasteiger charge is -2.00. The summed E-state index contributed by atoms with van der Waals surface area (Å²) < 4.78 is 13.4. The summed E-state index contributed by atoms with van der Waals surface area (Å²) >= 11 is 0. The average Bonchev–Trinajstić information content (AvgIpc) is 3.00. The van der Waals surface area contributed by atoms with Crippen molar-refractivity contribution in [1.29, 1.82) is 0 Å². The molecule has 3 aromatic heterocycles. The smallest absolute Gasteiger partial charge is 0.199 e. The van der Waals surface area contributed by atoms with Gasteiger partial charge in [-0.2, -0.15) is 0 Å². The van der Waals surface area contributed by atoms with Crippen molar-refractivity contribution >= 4 is 22.1 Å². The Labute approximate surface area is 112 Å². The molecule has 0 radical (unpaired) electrons. The number of aromatic nitrogens is 4. The Hall–Kier alpha value is -2.89. The first-order valence-electron chi connectivity index (χ1n) is 6.03. The SMILES string of the molecule is Oc1[nH]c2ccc(F)cc2c1-c1ccc2nc[nH]c2n1. The quantitative estimate of drug-likeness (QED) is 0.496. The fraction of sp³-hybridized carbons (Fsp3) is 0. The monoisotopic (exact) mass is 268 g/mol. The molecule has 98 valence electrons. The molecule has 0 bridgehead atoms. The minimum Gasteiger partial charge on any atom is -0.494 e. The van der Waals surface area contributed by atoms with E-state index in [1.54, 1.807) is 24.5 Å². The van der Waals surface area contributed by atoms with Crippen molar-refractivity contribution in [2.75, 3.05) is 0 Å². The molecule has 0 fully saturated rings. The van der Waals surface area contributed by atoms with E-state index in [4.69, 9.17) is 0 Å². The van der Waals surface area contributed by atoms with Gasteiger partial charge in [0.05, 0.1) is 17.6 Å². The third kappa shape index (κ3) is 1.48. The molecule has 0 aliphatic heterocycles. The summed E-state index contributed by atoms with van der Waals surface area (Å²) in [5.41, 5.74) is 3.05. The van der Waals surface area contributed by atoms with E-state index in [1.165, 1.54) is 12.1 Å². The van der Waals surface area contributed by atoms with Gasteiger partial charge >= 0.3 is 0 Å². The maximum absolute atomic E-state index is 13.4. The van der Waals surface area contributed by atoms with E-state index < -0.39 is 0 Å². The highest BCUT2D eigenvalue weighted by Gasteiger charge is 2.15. The second-order valence-corrected chi connectivity index (χ2v) is 4.51. The van der Waals surface area contributed by atoms with Crippen molar-refractivity contribution in [2.45, 2.75) is 0 Å². The van der Waals surface area contributed by atoms with Gasteiger partial charge in [0.1, 0.15) is 11.3 Å². The fourth-order valence-corrected chi connectivity index (χ4v) is 2.37. The van der Waals surface area contributed by atoms with Crippen LogP contribution < -0.4 is 0 Å². The number of aromatic hydroxyl groups is 1. The van der Waals surface area contributed by atoms with Crippen LogP contribution in [0.25, 0.3) is 33.3 Å². The molecule has 0 spiro atoms. The molecular formula is C14H9FN4O. The molecule has 0 saturated heterocycles. The highest BCUT2D eigenvalue weighted by molar-refractivity contribution is 5.98. The molecule has 4 aromatic rings. The van der Waals surface area contributed by atoms with E-state index >= 15 is 0 Å². The van der Waals surface area contributed by atoms with E-state index in [0.717, 1.165) is 5.52 Å². The standard InChI is InChI=1S/C14H9FN4O/c15-7-1-2-9-8(5-7)12(14(20)19-9)10-3-4-11-13(18-10)17-6-16-11/h1-6,19-20H,(H,16,17,18). The fourth-order valence-electron chi connectivity index (χ4n) is 2.37. The average molecular weight is 268 g/mol. The number of aromatic amines is 2. The van der Waals surface area contributed by atoms with E-state index in [0.29, 0.717) is 27.8 Å². The summed E-state index contributed by atoms with van der Waals surface area (Å²) in [7, 11) is 0. The lowest BCUT2D eigenvalue weighted by Crippen LogP contribution is -1.84. The summed E-state index contributed by atoms with van der Waals surface area (Å²) in [5.74, 6) is -0.391. The van der Waals surface area contributed by atoms with Gasteiger partial charge in [0.25, 0.3) is 0 Å². The molecular weight excluding hydrogens is 259 g/mol. The predicted molar refractivity (Wildman–Crippen MR) is 72.8 cm³/mol. The van der Waals surface area contributed by atoms with Gasteiger partial charge in [0.2, 0.25) is 0 Å². The van der Waals surface area contributed by atoms with Crippen molar-refractivity contribution in [1.82, 2.24) is 19.9 Å². The van der Waals surface area contributed by atoms with Gasteiger partial charge in [0.15, 0.2) is 11.5 Å². The van der Waals surface area contributed by atoms with Crippen molar-refractivity contribution in [3.05, 3.63) is 42.5 Å². The molecule has 0 saturated carbocycles. The molecule has 4 rings (SSSR count). The molecule has 5 nitrogen and oxygen atoms in total. The van der Waals surface area contributed by atoms with Gasteiger partial charge in [0, 0.05) is 10.9 Å². The third-order valence-electron chi connectivity index (χ3n) is 3.28. The zero-order chi connectivity index (χ0) is 13.7. The first kappa shape index (κ1) is 11.0. The van der Waals surface area contributed by atoms with E-state index in [-0.39, 0.29) is 11.7 Å². The minimum atomic E-state index is -0.361. The third-order valence-corrected chi connectivity index (χ3v) is 3.28. The van der Waals surface area contributed by atoms with Gasteiger partial charge < -0.3 is 15.1 Å². The van der Waals surface area contributed by atoms with Crippen LogP contribution in [0, 0.1) is 5.82 Å². The maximum atomic E-state index is 13.4. The number of nitrogens with zero attached hydrogens (tertiary/aromatic N) is 2. The van der Waals surface area contributed by atoms with Crippen LogP contribution in [0.3, 0.4) is 0 Å². The van der Waals surface area contributed by atoms with E-state index in [9.17, 15) is 9.50 Å². The summed E-state index contributed by atoms with van der Waals surface area (Å²) in [6, 6.07) is 7.85. The van der Waals surface area contributed by atoms with Crippen LogP contribution in [0.2, 0.25) is 0 Å². The summed E-state index contributed by atoms with van der Waals surface area (Å²) in [6.07, 6.45) is 1.55. The van der Waals surface area contributed by atoms with E-state index in [2.05, 4.69) is 19.9 Å². The molecule has 0 atom stereocenters. The number of pyridine rings is 1. The molecule has 0 aliphatic carbocycles. The molecule has 1 aromatic carbocycles. The predicted octanol–water partition coefficient (Wildman–Crippen LogP) is 2.95. The Balaban J connectivity index is 2.05. The Morgan fingerprint density at radius 3 is 2.95 bits per heavy atom. The van der Waals surface area contributed by atoms with Crippen LogP contribution in [0.4, 0.5) is 4.39 Å². The first-order chi connectivity index (χ1) is 9.72. The van der Waals surface area contributed by atoms with Crippen LogP contribution >= 0.6 is 0 Å². The van der Waals surface area contributed by atoms with Gasteiger partial charge in [-0.25, -0.2) is 14.4 Å². The van der Waals surface area contributed by atoms with Gasteiger partial charge in [-0.3, -0.25) is 0 Å². The molecule has 20 heavy (non-hydrogen) atoms. The first-order valence-corrected chi connectivity index (χ1v) is 6.03. The van der Waals surface area contributed by atoms with Crippen molar-refractivity contribution < 1.29 is 9.50 Å². The number of benzene rings is 1. The van der Waals surface area contributed by atoms with Crippen LogP contribution in [-0.4, -0.2) is 25.0 Å². The summed E-state index contributed by atoms with van der Waals surface area (Å²) in [6.45, 7) is 0. The summed E-state index contributed by atoms with van der Waals surface area (Å²) in [5, 5.41) is 10.6. The Kier molecular flexibility index (Phi) is 2.09. The lowest BCUT2D eigenvalue weighted by molar-refractivity contribution is 0.460. The molecule has 0 unspecified atom stereocenters. The number of rotatable bonds is 1. The number of hydrogen-bond acceptors (Lipinski definition) is 3. The maximum Gasteiger partial charge on any atom is 0.199 e. The Morgan fingerprint density at radius 2 is 2.05 bits per heavy atom. The summed E-state index contributed by atoms with van der Waals surface area (Å²) in [4.78, 5) is 14.2. The highest BCUT2D eigenvalue weighted by atomic mass is 19.1. The molecule has 0 aliphatic rings. The van der Waals surface area contributed by atoms with Crippen LogP contribution in [-0.2, 0) is 0 Å². The molecule has 3 N–H and O–H groups in total. The van der Waals surface area contributed by atoms with Crippen LogP contribution in [0.5, 0.6) is 5.88 Å². The number of H-pyrrole nitrogens is 2. The largest absolute Gasteiger partial charge is 0.494 e. The number of nitrogens with one attached hydrogen (secondary N) is 2. The van der Waals surface area contributed by atoms with E-state index in [1.807, 2.05) is 0 Å². The highest BCUT2D eigenvalue weighted by Crippen LogP contribution is 2.36. The van der Waals surface area contributed by atoms with Gasteiger partial charge in [-0.15, -0.1) is 0 Å². The number of halogens is 1. The topological polar surface area (TPSA) is 77.6 Å². The minimum absolute atomic E-state index is 0.0306. The van der Waals surface area contributed by atoms with Crippen molar-refractivity contribution in [3.63, 3.8) is 0 Å². The zero-order valence-electron chi connectivity index (χ0n) is 10.2. The van der Waals surface area contributed by atoms with Gasteiger partial charge in [-0.1, -0.05) is 0 Å². The molecule has 6 heteroatoms. The molecule has 0 amide bonds. The normalized spacial score (nSPS) is 11.4. The second kappa shape index (κ2) is 3.80. The van der Waals surface area contributed by atoms with Crippen molar-refractivity contribution in [2.24, 2.45) is 0 Å². The van der Waals surface area contributed by atoms with Gasteiger partial charge in [-0.05, 0) is 30.3 Å². The molecule has 3 heterocycles. The number of imidazole rings is 1. The zero-order valence-corrected chi connectivity index (χ0v) is 10.2. The Bertz CT molecular complexity index is 941. The second-order valence-electron chi connectivity index (χ2n) is 4.51. The van der Waals surface area contributed by atoms with Crippen LogP contribution in [0.1, 0.15) is 0 Å².